The van der Waals surface area contributed by atoms with Crippen molar-refractivity contribution in [1.82, 2.24) is 24.4 Å². The minimum absolute atomic E-state index is 0.700. The van der Waals surface area contributed by atoms with E-state index in [1.54, 1.807) is 6.20 Å². The number of morpholine rings is 1. The molecule has 0 spiro atoms. The molecule has 25 heavy (non-hydrogen) atoms. The van der Waals surface area contributed by atoms with Gasteiger partial charge in [0.15, 0.2) is 11.3 Å². The lowest BCUT2D eigenvalue weighted by Crippen LogP contribution is -2.38. The van der Waals surface area contributed by atoms with E-state index >= 15 is 0 Å². The summed E-state index contributed by atoms with van der Waals surface area (Å²) in [5.74, 6) is 0. The molecule has 4 aromatic rings. The minimum Gasteiger partial charge on any atom is -0.379 e. The Bertz CT molecular complexity index is 1050. The van der Waals surface area contributed by atoms with Gasteiger partial charge >= 0.3 is 0 Å². The normalized spacial score (nSPS) is 16.2. The van der Waals surface area contributed by atoms with Gasteiger partial charge in [0.05, 0.1) is 18.7 Å². The molecular weight excluding hydrogens is 314 g/mol. The fourth-order valence-electron chi connectivity index (χ4n) is 3.57. The van der Waals surface area contributed by atoms with Crippen molar-refractivity contribution < 1.29 is 4.74 Å². The number of benzene rings is 1. The predicted octanol–water partition coefficient (Wildman–Crippen LogP) is 2.46. The second-order valence-electron chi connectivity index (χ2n) is 6.36. The molecule has 0 saturated carbocycles. The van der Waals surface area contributed by atoms with Crippen LogP contribution in [0.4, 0.5) is 0 Å². The maximum Gasteiger partial charge on any atom is 0.178 e. The van der Waals surface area contributed by atoms with Crippen LogP contribution in [0.2, 0.25) is 0 Å². The molecule has 0 unspecified atom stereocenters. The molecule has 5 rings (SSSR count). The molecule has 1 aromatic carbocycles. The van der Waals surface area contributed by atoms with Gasteiger partial charge in [-0.05, 0) is 18.2 Å². The van der Waals surface area contributed by atoms with Crippen LogP contribution in [0.15, 0.2) is 42.6 Å². The Hall–Kier alpha value is -2.57. The molecule has 4 heterocycles. The van der Waals surface area contributed by atoms with Gasteiger partial charge in [0, 0.05) is 37.8 Å². The summed E-state index contributed by atoms with van der Waals surface area (Å²) in [6, 6.07) is 12.3. The highest BCUT2D eigenvalue weighted by molar-refractivity contribution is 6.06. The average Bonchev–Trinajstić information content (AvgIpc) is 2.98. The van der Waals surface area contributed by atoms with E-state index in [0.29, 0.717) is 5.65 Å². The monoisotopic (exact) mass is 333 g/mol. The van der Waals surface area contributed by atoms with Gasteiger partial charge in [-0.25, -0.2) is 15.0 Å². The van der Waals surface area contributed by atoms with Crippen LogP contribution in [0.1, 0.15) is 0 Å². The molecule has 1 aliphatic heterocycles. The minimum atomic E-state index is 0.700. The lowest BCUT2D eigenvalue weighted by Gasteiger charge is -2.26. The quantitative estimate of drug-likeness (QED) is 0.576. The number of nitrogens with zero attached hydrogens (tertiary/aromatic N) is 5. The van der Waals surface area contributed by atoms with Gasteiger partial charge in [0.2, 0.25) is 0 Å². The van der Waals surface area contributed by atoms with Crippen LogP contribution in [-0.2, 0) is 11.3 Å². The zero-order valence-corrected chi connectivity index (χ0v) is 13.9. The van der Waals surface area contributed by atoms with Crippen molar-refractivity contribution in [3.8, 4) is 0 Å². The molecule has 0 atom stereocenters. The molecule has 6 heteroatoms. The second-order valence-corrected chi connectivity index (χ2v) is 6.36. The molecule has 126 valence electrons. The Kier molecular flexibility index (Phi) is 3.57. The summed E-state index contributed by atoms with van der Waals surface area (Å²) in [7, 11) is 0. The summed E-state index contributed by atoms with van der Waals surface area (Å²) in [6.45, 7) is 5.52. The van der Waals surface area contributed by atoms with Crippen LogP contribution in [0.5, 0.6) is 0 Å². The largest absolute Gasteiger partial charge is 0.379 e. The first-order chi connectivity index (χ1) is 12.4. The van der Waals surface area contributed by atoms with Crippen LogP contribution < -0.4 is 0 Å². The summed E-state index contributed by atoms with van der Waals surface area (Å²) in [5.41, 5.74) is 4.59. The number of hydrogen-bond donors (Lipinski definition) is 0. The Morgan fingerprint density at radius 2 is 1.84 bits per heavy atom. The van der Waals surface area contributed by atoms with Crippen molar-refractivity contribution in [2.45, 2.75) is 6.54 Å². The number of fused-ring (bicyclic) bond motifs is 4. The van der Waals surface area contributed by atoms with E-state index in [2.05, 4.69) is 38.7 Å². The average molecular weight is 333 g/mol. The van der Waals surface area contributed by atoms with E-state index in [1.165, 1.54) is 5.52 Å². The Morgan fingerprint density at radius 3 is 2.76 bits per heavy atom. The third kappa shape index (κ3) is 2.54. The first-order valence-corrected chi connectivity index (χ1v) is 8.70. The SMILES string of the molecule is c1cnc2nc3c4ccccc4n(CCN4CCOCC4)c3nc2c1. The summed E-state index contributed by atoms with van der Waals surface area (Å²) in [5, 5.41) is 1.14. The van der Waals surface area contributed by atoms with Crippen LogP contribution in [0.3, 0.4) is 0 Å². The van der Waals surface area contributed by atoms with Crippen molar-refractivity contribution in [2.75, 3.05) is 32.8 Å². The number of para-hydroxylation sites is 1. The number of pyridine rings is 1. The second kappa shape index (κ2) is 6.06. The summed E-state index contributed by atoms with van der Waals surface area (Å²) in [4.78, 5) is 16.5. The van der Waals surface area contributed by atoms with Gasteiger partial charge in [-0.3, -0.25) is 4.90 Å². The van der Waals surface area contributed by atoms with Crippen LogP contribution in [0.25, 0.3) is 33.2 Å². The van der Waals surface area contributed by atoms with Gasteiger partial charge in [-0.2, -0.15) is 0 Å². The van der Waals surface area contributed by atoms with Gasteiger partial charge < -0.3 is 9.30 Å². The Morgan fingerprint density at radius 1 is 0.960 bits per heavy atom. The number of ether oxygens (including phenoxy) is 1. The van der Waals surface area contributed by atoms with E-state index in [0.717, 1.165) is 61.5 Å². The highest BCUT2D eigenvalue weighted by atomic mass is 16.5. The Balaban J connectivity index is 1.64. The number of rotatable bonds is 3. The van der Waals surface area contributed by atoms with E-state index in [9.17, 15) is 0 Å². The lowest BCUT2D eigenvalue weighted by atomic mass is 10.2. The summed E-state index contributed by atoms with van der Waals surface area (Å²) in [6.07, 6.45) is 1.76. The van der Waals surface area contributed by atoms with E-state index < -0.39 is 0 Å². The van der Waals surface area contributed by atoms with Gasteiger partial charge in [-0.1, -0.05) is 18.2 Å². The van der Waals surface area contributed by atoms with Crippen molar-refractivity contribution in [1.29, 1.82) is 0 Å². The molecule has 0 radical (unpaired) electrons. The topological polar surface area (TPSA) is 56.1 Å². The molecule has 0 N–H and O–H groups in total. The standard InChI is InChI=1S/C19H19N5O/c1-2-6-16-14(4-1)17-19(21-15-5-3-7-20-18(15)22-17)24(16)9-8-23-10-12-25-13-11-23/h1-7H,8-13H2. The maximum atomic E-state index is 5.45. The van der Waals surface area contributed by atoms with Crippen LogP contribution >= 0.6 is 0 Å². The Labute approximate surface area is 145 Å². The highest BCUT2D eigenvalue weighted by Gasteiger charge is 2.16. The molecule has 0 amide bonds. The van der Waals surface area contributed by atoms with Gasteiger partial charge in [0.1, 0.15) is 11.0 Å². The zero-order chi connectivity index (χ0) is 16.6. The first-order valence-electron chi connectivity index (χ1n) is 8.70. The number of aromatic nitrogens is 4. The van der Waals surface area contributed by atoms with E-state index in [4.69, 9.17) is 14.7 Å². The van der Waals surface area contributed by atoms with E-state index in [-0.39, 0.29) is 0 Å². The van der Waals surface area contributed by atoms with Gasteiger partial charge in [0.25, 0.3) is 0 Å². The van der Waals surface area contributed by atoms with Crippen molar-refractivity contribution in [3.05, 3.63) is 42.6 Å². The number of hydrogen-bond acceptors (Lipinski definition) is 5. The maximum absolute atomic E-state index is 5.45. The fourth-order valence-corrected chi connectivity index (χ4v) is 3.57. The predicted molar refractivity (Wildman–Crippen MR) is 97.6 cm³/mol. The van der Waals surface area contributed by atoms with E-state index in [1.807, 2.05) is 12.1 Å². The summed E-state index contributed by atoms with van der Waals surface area (Å²) >= 11 is 0. The molecule has 0 aliphatic carbocycles. The molecular formula is C19H19N5O. The lowest BCUT2D eigenvalue weighted by molar-refractivity contribution is 0.0366. The molecule has 0 bridgehead atoms. The van der Waals surface area contributed by atoms with Crippen LogP contribution in [-0.4, -0.2) is 57.3 Å². The van der Waals surface area contributed by atoms with Gasteiger partial charge in [-0.15, -0.1) is 0 Å². The van der Waals surface area contributed by atoms with Crippen molar-refractivity contribution in [2.24, 2.45) is 0 Å². The zero-order valence-electron chi connectivity index (χ0n) is 13.9. The molecule has 3 aromatic heterocycles. The summed E-state index contributed by atoms with van der Waals surface area (Å²) < 4.78 is 7.74. The smallest absolute Gasteiger partial charge is 0.178 e. The molecule has 1 saturated heterocycles. The highest BCUT2D eigenvalue weighted by Crippen LogP contribution is 2.27. The fraction of sp³-hybridized carbons (Fsp3) is 0.316. The third-order valence-electron chi connectivity index (χ3n) is 4.87. The first kappa shape index (κ1) is 14.7. The molecule has 6 nitrogen and oxygen atoms in total. The molecule has 1 aliphatic rings. The third-order valence-corrected chi connectivity index (χ3v) is 4.87. The van der Waals surface area contributed by atoms with Crippen molar-refractivity contribution in [3.63, 3.8) is 0 Å². The molecule has 1 fully saturated rings. The van der Waals surface area contributed by atoms with Crippen LogP contribution in [0, 0.1) is 0 Å². The van der Waals surface area contributed by atoms with Crippen molar-refractivity contribution >= 4 is 33.2 Å².